The molecule has 1 heterocycles. The number of fused-ring (bicyclic) bond motifs is 1. The Labute approximate surface area is 142 Å². The number of para-hydroxylation sites is 1. The van der Waals surface area contributed by atoms with Crippen molar-refractivity contribution in [1.29, 1.82) is 0 Å². The summed E-state index contributed by atoms with van der Waals surface area (Å²) in [6.45, 7) is 7.05. The second kappa shape index (κ2) is 7.00. The molecule has 0 radical (unpaired) electrons. The van der Waals surface area contributed by atoms with Gasteiger partial charge in [-0.25, -0.2) is 4.79 Å². The number of nitrogens with zero attached hydrogens (tertiary/aromatic N) is 1. The minimum atomic E-state index is -0.108. The molecule has 4 heteroatoms. The molecular weight excluding hydrogens is 306 g/mol. The van der Waals surface area contributed by atoms with Crippen molar-refractivity contribution in [3.05, 3.63) is 29.8 Å². The summed E-state index contributed by atoms with van der Waals surface area (Å²) < 4.78 is 9.10. The third-order valence-corrected chi connectivity index (χ3v) is 5.98. The highest BCUT2D eigenvalue weighted by molar-refractivity contribution is 7.16. The van der Waals surface area contributed by atoms with Gasteiger partial charge in [0.15, 0.2) is 0 Å². The van der Waals surface area contributed by atoms with Gasteiger partial charge in [0.2, 0.25) is 17.6 Å². The molecule has 1 aromatic heterocycles. The normalized spacial score (nSPS) is 25.0. The Morgan fingerprint density at radius 3 is 2.91 bits per heavy atom. The van der Waals surface area contributed by atoms with Gasteiger partial charge in [0, 0.05) is 6.07 Å². The van der Waals surface area contributed by atoms with E-state index in [0.29, 0.717) is 24.3 Å². The van der Waals surface area contributed by atoms with Crippen LogP contribution < -0.4 is 4.57 Å². The van der Waals surface area contributed by atoms with Crippen LogP contribution in [0.15, 0.2) is 29.8 Å². The van der Waals surface area contributed by atoms with Gasteiger partial charge in [0.25, 0.3) is 0 Å². The molecule has 124 valence electrons. The quantitative estimate of drug-likeness (QED) is 0.621. The topological polar surface area (TPSA) is 30.2 Å². The van der Waals surface area contributed by atoms with Crippen LogP contribution in [0, 0.1) is 17.8 Å². The Morgan fingerprint density at radius 1 is 1.35 bits per heavy atom. The predicted octanol–water partition coefficient (Wildman–Crippen LogP) is 4.19. The van der Waals surface area contributed by atoms with Crippen LogP contribution in [0.1, 0.15) is 40.0 Å². The maximum atomic E-state index is 12.5. The number of hydrogen-bond donors (Lipinski definition) is 0. The summed E-state index contributed by atoms with van der Waals surface area (Å²) in [5.41, 5.74) is 3.11. The minimum absolute atomic E-state index is 0.0803. The largest absolute Gasteiger partial charge is 0.457 e. The predicted molar refractivity (Wildman–Crippen MR) is 93.2 cm³/mol. The summed E-state index contributed by atoms with van der Waals surface area (Å²) in [6.07, 6.45) is 3.51. The lowest BCUT2D eigenvalue weighted by atomic mass is 9.75. The van der Waals surface area contributed by atoms with Gasteiger partial charge >= 0.3 is 5.97 Å². The van der Waals surface area contributed by atoms with Crippen LogP contribution in [-0.2, 0) is 16.1 Å². The van der Waals surface area contributed by atoms with Gasteiger partial charge in [-0.3, -0.25) is 0 Å². The molecular formula is C19H26NO2S+. The lowest BCUT2D eigenvalue weighted by Gasteiger charge is -2.36. The summed E-state index contributed by atoms with van der Waals surface area (Å²) in [4.78, 5) is 12.5. The van der Waals surface area contributed by atoms with Crippen molar-refractivity contribution >= 4 is 27.5 Å². The van der Waals surface area contributed by atoms with Crippen LogP contribution in [0.2, 0.25) is 0 Å². The smallest absolute Gasteiger partial charge is 0.373 e. The number of esters is 1. The van der Waals surface area contributed by atoms with Crippen LogP contribution in [0.4, 0.5) is 0 Å². The van der Waals surface area contributed by atoms with E-state index in [2.05, 4.69) is 32.9 Å². The van der Waals surface area contributed by atoms with Crippen molar-refractivity contribution in [2.24, 2.45) is 17.8 Å². The summed E-state index contributed by atoms with van der Waals surface area (Å²) in [6, 6.07) is 8.17. The van der Waals surface area contributed by atoms with Crippen molar-refractivity contribution in [1.82, 2.24) is 0 Å². The molecule has 1 fully saturated rings. The van der Waals surface area contributed by atoms with Gasteiger partial charge in [-0.2, -0.15) is 4.57 Å². The van der Waals surface area contributed by atoms with E-state index in [0.717, 1.165) is 11.9 Å². The Bertz CT molecular complexity index is 679. The lowest BCUT2D eigenvalue weighted by molar-refractivity contribution is -0.656. The van der Waals surface area contributed by atoms with Gasteiger partial charge in [-0.15, -0.1) is 0 Å². The van der Waals surface area contributed by atoms with Crippen molar-refractivity contribution in [2.45, 2.75) is 52.7 Å². The van der Waals surface area contributed by atoms with Crippen LogP contribution in [-0.4, -0.2) is 12.1 Å². The molecule has 3 atom stereocenters. The standard InChI is InChI=1S/C19H26NO2S/c1-13(2)15-9-8-14(3)10-17(15)22-19(21)11-20-12-23-18-7-5-4-6-16(18)20/h4-7,12-15,17H,8-11H2,1-3H3/q+1/t14-,15+,17-/m1/s1. The molecule has 23 heavy (non-hydrogen) atoms. The summed E-state index contributed by atoms with van der Waals surface area (Å²) in [7, 11) is 0. The first-order valence-corrected chi connectivity index (χ1v) is 9.47. The van der Waals surface area contributed by atoms with E-state index in [1.807, 2.05) is 22.2 Å². The van der Waals surface area contributed by atoms with Gasteiger partial charge in [-0.1, -0.05) is 50.7 Å². The van der Waals surface area contributed by atoms with Gasteiger partial charge < -0.3 is 4.74 Å². The maximum Gasteiger partial charge on any atom is 0.373 e. The fraction of sp³-hybridized carbons (Fsp3) is 0.579. The fourth-order valence-electron chi connectivity index (χ4n) is 3.69. The Kier molecular flexibility index (Phi) is 5.00. The maximum absolute atomic E-state index is 12.5. The van der Waals surface area contributed by atoms with Crippen LogP contribution >= 0.6 is 11.3 Å². The van der Waals surface area contributed by atoms with E-state index in [1.165, 1.54) is 17.5 Å². The molecule has 3 rings (SSSR count). The van der Waals surface area contributed by atoms with Gasteiger partial charge in [-0.05, 0) is 36.7 Å². The van der Waals surface area contributed by atoms with Gasteiger partial charge in [0.05, 0.1) is 0 Å². The van der Waals surface area contributed by atoms with Crippen LogP contribution in [0.3, 0.4) is 0 Å². The first-order chi connectivity index (χ1) is 11.0. The van der Waals surface area contributed by atoms with Gasteiger partial charge in [0.1, 0.15) is 10.8 Å². The average molecular weight is 332 g/mol. The highest BCUT2D eigenvalue weighted by Gasteiger charge is 2.34. The molecule has 0 amide bonds. The number of carbonyl (C=O) groups excluding carboxylic acids is 1. The third-order valence-electron chi connectivity index (χ3n) is 5.03. The highest BCUT2D eigenvalue weighted by Crippen LogP contribution is 2.35. The molecule has 0 spiro atoms. The van der Waals surface area contributed by atoms with E-state index in [-0.39, 0.29) is 12.1 Å². The molecule has 0 aliphatic heterocycles. The number of aromatic nitrogens is 1. The number of thiazole rings is 1. The molecule has 1 saturated carbocycles. The lowest BCUT2D eigenvalue weighted by Crippen LogP contribution is -2.41. The van der Waals surface area contributed by atoms with E-state index in [1.54, 1.807) is 11.3 Å². The summed E-state index contributed by atoms with van der Waals surface area (Å²) >= 11 is 1.66. The zero-order chi connectivity index (χ0) is 16.4. The second-order valence-corrected chi connectivity index (χ2v) is 8.06. The Hall–Kier alpha value is -1.42. The molecule has 0 unspecified atom stereocenters. The number of carbonyl (C=O) groups is 1. The molecule has 0 bridgehead atoms. The van der Waals surface area contributed by atoms with E-state index in [9.17, 15) is 4.79 Å². The molecule has 1 aromatic carbocycles. The zero-order valence-corrected chi connectivity index (χ0v) is 15.0. The third kappa shape index (κ3) is 3.74. The summed E-state index contributed by atoms with van der Waals surface area (Å²) in [5, 5.41) is 0. The number of rotatable bonds is 4. The number of benzene rings is 1. The fourth-order valence-corrected chi connectivity index (χ4v) is 4.58. The molecule has 0 saturated heterocycles. The van der Waals surface area contributed by atoms with Crippen LogP contribution in [0.25, 0.3) is 10.2 Å². The Morgan fingerprint density at radius 2 is 2.13 bits per heavy atom. The van der Waals surface area contributed by atoms with Crippen molar-refractivity contribution in [3.63, 3.8) is 0 Å². The number of ether oxygens (including phenoxy) is 1. The van der Waals surface area contributed by atoms with Crippen LogP contribution in [0.5, 0.6) is 0 Å². The molecule has 0 N–H and O–H groups in total. The second-order valence-electron chi connectivity index (χ2n) is 7.17. The first-order valence-electron chi connectivity index (χ1n) is 8.59. The molecule has 2 aromatic rings. The molecule has 1 aliphatic rings. The van der Waals surface area contributed by atoms with Crippen molar-refractivity contribution in [3.8, 4) is 0 Å². The highest BCUT2D eigenvalue weighted by atomic mass is 32.1. The zero-order valence-electron chi connectivity index (χ0n) is 14.2. The van der Waals surface area contributed by atoms with E-state index in [4.69, 9.17) is 4.74 Å². The van der Waals surface area contributed by atoms with Crippen molar-refractivity contribution in [2.75, 3.05) is 0 Å². The number of hydrogen-bond acceptors (Lipinski definition) is 3. The Balaban J connectivity index is 1.68. The van der Waals surface area contributed by atoms with Crippen molar-refractivity contribution < 1.29 is 14.1 Å². The minimum Gasteiger partial charge on any atom is -0.457 e. The monoisotopic (exact) mass is 332 g/mol. The molecule has 3 nitrogen and oxygen atoms in total. The van der Waals surface area contributed by atoms with E-state index < -0.39 is 0 Å². The molecule has 1 aliphatic carbocycles. The average Bonchev–Trinajstić information content (AvgIpc) is 2.90. The first kappa shape index (κ1) is 16.4. The summed E-state index contributed by atoms with van der Waals surface area (Å²) in [5.74, 6) is 1.61. The SMILES string of the molecule is CC(C)[C@@H]1CC[C@@H](C)C[C@H]1OC(=O)C[n+]1csc2ccccc21. The van der Waals surface area contributed by atoms with E-state index >= 15 is 0 Å².